The van der Waals surface area contributed by atoms with Crippen LogP contribution in [0.15, 0.2) is 48.5 Å². The van der Waals surface area contributed by atoms with E-state index in [4.69, 9.17) is 23.2 Å². The van der Waals surface area contributed by atoms with Gasteiger partial charge in [0.15, 0.2) is 0 Å². The van der Waals surface area contributed by atoms with Crippen molar-refractivity contribution in [2.75, 3.05) is 5.32 Å². The Labute approximate surface area is 134 Å². The molecule has 0 heterocycles. The third kappa shape index (κ3) is 2.66. The molecule has 0 radical (unpaired) electrons. The minimum Gasteiger partial charge on any atom is -0.324 e. The molecule has 108 valence electrons. The molecule has 0 saturated heterocycles. The Balaban J connectivity index is 1.87. The molecule has 2 aromatic rings. The number of hydrogen-bond acceptors (Lipinski definition) is 1. The Bertz CT molecular complexity index is 663. The number of carbonyl (C=O) groups excluding carboxylic acids is 1. The van der Waals surface area contributed by atoms with E-state index in [-0.39, 0.29) is 5.91 Å². The van der Waals surface area contributed by atoms with Crippen LogP contribution in [0.25, 0.3) is 0 Å². The van der Waals surface area contributed by atoms with Crippen molar-refractivity contribution in [3.63, 3.8) is 0 Å². The zero-order chi connectivity index (χ0) is 14.9. The van der Waals surface area contributed by atoms with Crippen LogP contribution in [0, 0.1) is 0 Å². The maximum absolute atomic E-state index is 12.8. The molecule has 0 spiro atoms. The van der Waals surface area contributed by atoms with Crippen molar-refractivity contribution in [3.8, 4) is 0 Å². The van der Waals surface area contributed by atoms with E-state index < -0.39 is 5.41 Å². The molecule has 0 aliphatic heterocycles. The van der Waals surface area contributed by atoms with Crippen LogP contribution in [-0.4, -0.2) is 5.91 Å². The van der Waals surface area contributed by atoms with Crippen molar-refractivity contribution < 1.29 is 4.79 Å². The molecular formula is C17H15Cl2NO. The van der Waals surface area contributed by atoms with Crippen LogP contribution < -0.4 is 5.32 Å². The lowest BCUT2D eigenvalue weighted by molar-refractivity contribution is -0.124. The standard InChI is InChI=1S/C17H15Cl2NO/c18-13-8-6-12(7-9-13)17(10-3-11-17)16(21)20-15-5-2-1-4-14(15)19/h1-2,4-9H,3,10-11H2,(H,20,21). The Morgan fingerprint density at radius 3 is 2.24 bits per heavy atom. The van der Waals surface area contributed by atoms with Crippen LogP contribution >= 0.6 is 23.2 Å². The molecule has 1 amide bonds. The van der Waals surface area contributed by atoms with Gasteiger partial charge in [-0.05, 0) is 42.7 Å². The van der Waals surface area contributed by atoms with Gasteiger partial charge in [-0.2, -0.15) is 0 Å². The van der Waals surface area contributed by atoms with Crippen LogP contribution in [0.5, 0.6) is 0 Å². The quantitative estimate of drug-likeness (QED) is 0.842. The third-order valence-electron chi connectivity index (χ3n) is 4.16. The van der Waals surface area contributed by atoms with Gasteiger partial charge in [0.25, 0.3) is 0 Å². The van der Waals surface area contributed by atoms with Crippen LogP contribution in [-0.2, 0) is 10.2 Å². The summed E-state index contributed by atoms with van der Waals surface area (Å²) in [6.45, 7) is 0. The maximum atomic E-state index is 12.8. The lowest BCUT2D eigenvalue weighted by Gasteiger charge is -2.40. The number of benzene rings is 2. The molecule has 1 fully saturated rings. The van der Waals surface area contributed by atoms with Gasteiger partial charge in [-0.1, -0.05) is 53.9 Å². The smallest absolute Gasteiger partial charge is 0.235 e. The maximum Gasteiger partial charge on any atom is 0.235 e. The van der Waals surface area contributed by atoms with Crippen molar-refractivity contribution in [2.24, 2.45) is 0 Å². The molecule has 1 aliphatic carbocycles. The van der Waals surface area contributed by atoms with Crippen molar-refractivity contribution in [1.82, 2.24) is 0 Å². The first-order chi connectivity index (χ1) is 10.1. The molecule has 3 rings (SSSR count). The number of para-hydroxylation sites is 1. The fraction of sp³-hybridized carbons (Fsp3) is 0.235. The molecule has 0 unspecified atom stereocenters. The van der Waals surface area contributed by atoms with E-state index in [0.717, 1.165) is 24.8 Å². The lowest BCUT2D eigenvalue weighted by atomic mass is 9.64. The average molecular weight is 320 g/mol. The molecule has 1 N–H and O–H groups in total. The first-order valence-corrected chi connectivity index (χ1v) is 7.69. The predicted molar refractivity (Wildman–Crippen MR) is 87.1 cm³/mol. The molecule has 21 heavy (non-hydrogen) atoms. The van der Waals surface area contributed by atoms with Gasteiger partial charge in [0.1, 0.15) is 0 Å². The first-order valence-electron chi connectivity index (χ1n) is 6.94. The summed E-state index contributed by atoms with van der Waals surface area (Å²) in [7, 11) is 0. The van der Waals surface area contributed by atoms with E-state index in [1.54, 1.807) is 6.07 Å². The summed E-state index contributed by atoms with van der Waals surface area (Å²) in [5, 5.41) is 4.19. The monoisotopic (exact) mass is 319 g/mol. The molecule has 2 aromatic carbocycles. The number of anilines is 1. The van der Waals surface area contributed by atoms with Gasteiger partial charge < -0.3 is 5.32 Å². The topological polar surface area (TPSA) is 29.1 Å². The minimum atomic E-state index is -0.455. The summed E-state index contributed by atoms with van der Waals surface area (Å²) in [4.78, 5) is 12.8. The molecule has 0 aromatic heterocycles. The van der Waals surface area contributed by atoms with Crippen LogP contribution in [0.2, 0.25) is 10.0 Å². The highest BCUT2D eigenvalue weighted by molar-refractivity contribution is 6.33. The van der Waals surface area contributed by atoms with Gasteiger partial charge in [-0.25, -0.2) is 0 Å². The van der Waals surface area contributed by atoms with Crippen molar-refractivity contribution in [2.45, 2.75) is 24.7 Å². The second-order valence-electron chi connectivity index (χ2n) is 5.38. The zero-order valence-electron chi connectivity index (χ0n) is 11.4. The third-order valence-corrected chi connectivity index (χ3v) is 4.74. The fourth-order valence-electron chi connectivity index (χ4n) is 2.75. The largest absolute Gasteiger partial charge is 0.324 e. The Morgan fingerprint density at radius 1 is 1.00 bits per heavy atom. The Hall–Kier alpha value is -1.51. The van der Waals surface area contributed by atoms with Gasteiger partial charge in [-0.3, -0.25) is 4.79 Å². The van der Waals surface area contributed by atoms with Crippen molar-refractivity contribution in [3.05, 3.63) is 64.1 Å². The second-order valence-corrected chi connectivity index (χ2v) is 6.22. The van der Waals surface area contributed by atoms with E-state index >= 15 is 0 Å². The highest BCUT2D eigenvalue weighted by Gasteiger charge is 2.45. The van der Waals surface area contributed by atoms with E-state index in [1.807, 2.05) is 42.5 Å². The highest BCUT2D eigenvalue weighted by atomic mass is 35.5. The summed E-state index contributed by atoms with van der Waals surface area (Å²) in [5.74, 6) is 0.00386. The molecule has 1 aliphatic rings. The van der Waals surface area contributed by atoms with Gasteiger partial charge in [-0.15, -0.1) is 0 Å². The fourth-order valence-corrected chi connectivity index (χ4v) is 3.06. The van der Waals surface area contributed by atoms with Crippen LogP contribution in [0.3, 0.4) is 0 Å². The van der Waals surface area contributed by atoms with Crippen LogP contribution in [0.1, 0.15) is 24.8 Å². The zero-order valence-corrected chi connectivity index (χ0v) is 12.9. The summed E-state index contributed by atoms with van der Waals surface area (Å²) in [5.41, 5.74) is 1.22. The molecule has 1 saturated carbocycles. The van der Waals surface area contributed by atoms with Gasteiger partial charge in [0, 0.05) is 5.02 Å². The Kier molecular flexibility index (Phi) is 3.92. The normalized spacial score (nSPS) is 16.1. The highest BCUT2D eigenvalue weighted by Crippen LogP contribution is 2.45. The summed E-state index contributed by atoms with van der Waals surface area (Å²) in [6.07, 6.45) is 2.76. The van der Waals surface area contributed by atoms with E-state index in [1.165, 1.54) is 0 Å². The Morgan fingerprint density at radius 2 is 1.67 bits per heavy atom. The predicted octanol–water partition coefficient (Wildman–Crippen LogP) is 5.05. The van der Waals surface area contributed by atoms with Gasteiger partial charge >= 0.3 is 0 Å². The SMILES string of the molecule is O=C(Nc1ccccc1Cl)C1(c2ccc(Cl)cc2)CCC1. The average Bonchev–Trinajstić information content (AvgIpc) is 2.42. The van der Waals surface area contributed by atoms with Gasteiger partial charge in [0.2, 0.25) is 5.91 Å². The molecular weight excluding hydrogens is 305 g/mol. The van der Waals surface area contributed by atoms with E-state index in [0.29, 0.717) is 15.7 Å². The number of halogens is 2. The van der Waals surface area contributed by atoms with Gasteiger partial charge in [0.05, 0.1) is 16.1 Å². The van der Waals surface area contributed by atoms with E-state index in [2.05, 4.69) is 5.32 Å². The second kappa shape index (κ2) is 5.70. The number of carbonyl (C=O) groups is 1. The molecule has 0 bridgehead atoms. The summed E-state index contributed by atoms with van der Waals surface area (Å²) in [6, 6.07) is 14.8. The van der Waals surface area contributed by atoms with E-state index in [9.17, 15) is 4.79 Å². The summed E-state index contributed by atoms with van der Waals surface area (Å²) >= 11 is 12.0. The number of nitrogens with one attached hydrogen (secondary N) is 1. The molecule has 0 atom stereocenters. The minimum absolute atomic E-state index is 0.00386. The number of hydrogen-bond donors (Lipinski definition) is 1. The van der Waals surface area contributed by atoms with Crippen molar-refractivity contribution >= 4 is 34.8 Å². The lowest BCUT2D eigenvalue weighted by Crippen LogP contribution is -2.46. The van der Waals surface area contributed by atoms with Crippen molar-refractivity contribution in [1.29, 1.82) is 0 Å². The first kappa shape index (κ1) is 14.4. The number of amides is 1. The summed E-state index contributed by atoms with van der Waals surface area (Å²) < 4.78 is 0. The van der Waals surface area contributed by atoms with Crippen LogP contribution in [0.4, 0.5) is 5.69 Å². The molecule has 2 nitrogen and oxygen atoms in total. The molecule has 4 heteroatoms. The number of rotatable bonds is 3.